The van der Waals surface area contributed by atoms with E-state index in [1.165, 1.54) is 11.1 Å². The van der Waals surface area contributed by atoms with Crippen LogP contribution < -0.4 is 5.32 Å². The SMILES string of the molecule is CCC1NC(C)C(=O)N1Cc1cscc1C. The minimum absolute atomic E-state index is 0.0381. The van der Waals surface area contributed by atoms with Gasteiger partial charge < -0.3 is 4.90 Å². The van der Waals surface area contributed by atoms with E-state index in [0.717, 1.165) is 13.0 Å². The highest BCUT2D eigenvalue weighted by molar-refractivity contribution is 7.08. The van der Waals surface area contributed by atoms with Crippen molar-refractivity contribution in [3.05, 3.63) is 21.9 Å². The molecule has 2 rings (SSSR count). The van der Waals surface area contributed by atoms with Gasteiger partial charge in [0.1, 0.15) is 0 Å². The molecule has 1 fully saturated rings. The molecule has 1 aromatic rings. The molecule has 0 aliphatic carbocycles. The lowest BCUT2D eigenvalue weighted by molar-refractivity contribution is -0.130. The van der Waals surface area contributed by atoms with Gasteiger partial charge in [0.25, 0.3) is 0 Å². The second-order valence-electron chi connectivity index (χ2n) is 4.36. The third kappa shape index (κ3) is 1.99. The van der Waals surface area contributed by atoms with E-state index in [4.69, 9.17) is 0 Å². The Balaban J connectivity index is 2.14. The van der Waals surface area contributed by atoms with Crippen LogP contribution in [0.5, 0.6) is 0 Å². The van der Waals surface area contributed by atoms with Gasteiger partial charge in [0, 0.05) is 6.54 Å². The smallest absolute Gasteiger partial charge is 0.241 e. The van der Waals surface area contributed by atoms with Gasteiger partial charge in [-0.1, -0.05) is 6.92 Å². The van der Waals surface area contributed by atoms with Gasteiger partial charge >= 0.3 is 0 Å². The summed E-state index contributed by atoms with van der Waals surface area (Å²) in [5.41, 5.74) is 2.56. The fourth-order valence-electron chi connectivity index (χ4n) is 2.11. The van der Waals surface area contributed by atoms with E-state index in [0.29, 0.717) is 0 Å². The van der Waals surface area contributed by atoms with Gasteiger partial charge in [-0.3, -0.25) is 10.1 Å². The van der Waals surface area contributed by atoms with Crippen molar-refractivity contribution in [2.75, 3.05) is 0 Å². The quantitative estimate of drug-likeness (QED) is 0.874. The third-order valence-corrected chi connectivity index (χ3v) is 4.07. The summed E-state index contributed by atoms with van der Waals surface area (Å²) in [4.78, 5) is 13.9. The summed E-state index contributed by atoms with van der Waals surface area (Å²) < 4.78 is 0. The van der Waals surface area contributed by atoms with Gasteiger partial charge in [-0.15, -0.1) is 0 Å². The molecule has 1 saturated heterocycles. The largest absolute Gasteiger partial charge is 0.321 e. The molecule has 1 aromatic heterocycles. The zero-order valence-electron chi connectivity index (χ0n) is 9.99. The molecule has 1 aliphatic rings. The van der Waals surface area contributed by atoms with Gasteiger partial charge in [0.15, 0.2) is 0 Å². The van der Waals surface area contributed by atoms with Crippen molar-refractivity contribution in [3.8, 4) is 0 Å². The van der Waals surface area contributed by atoms with Crippen molar-refractivity contribution < 1.29 is 4.79 Å². The number of hydrogen-bond acceptors (Lipinski definition) is 3. The molecule has 2 unspecified atom stereocenters. The number of carbonyl (C=O) groups is 1. The van der Waals surface area contributed by atoms with Crippen LogP contribution in [0.1, 0.15) is 31.4 Å². The Hall–Kier alpha value is -0.870. The molecule has 88 valence electrons. The standard InChI is InChI=1S/C12H18N2OS/c1-4-11-13-9(3)12(15)14(11)5-10-7-16-6-8(10)2/h6-7,9,11,13H,4-5H2,1-3H3. The van der Waals surface area contributed by atoms with Gasteiger partial charge in [-0.25, -0.2) is 0 Å². The van der Waals surface area contributed by atoms with Gasteiger partial charge in [-0.2, -0.15) is 11.3 Å². The van der Waals surface area contributed by atoms with Crippen LogP contribution in [0.15, 0.2) is 10.8 Å². The van der Waals surface area contributed by atoms with Crippen molar-refractivity contribution in [3.63, 3.8) is 0 Å². The summed E-state index contributed by atoms with van der Waals surface area (Å²) in [5.74, 6) is 0.220. The predicted octanol–water partition coefficient (Wildman–Crippen LogP) is 2.11. The Kier molecular flexibility index (Phi) is 3.30. The van der Waals surface area contributed by atoms with E-state index < -0.39 is 0 Å². The average molecular weight is 238 g/mol. The van der Waals surface area contributed by atoms with Crippen molar-refractivity contribution in [1.29, 1.82) is 0 Å². The average Bonchev–Trinajstić information content (AvgIpc) is 2.78. The van der Waals surface area contributed by atoms with E-state index in [1.54, 1.807) is 11.3 Å². The molecule has 1 amide bonds. The highest BCUT2D eigenvalue weighted by Crippen LogP contribution is 2.21. The molecule has 0 spiro atoms. The summed E-state index contributed by atoms with van der Waals surface area (Å²) >= 11 is 1.70. The Bertz CT molecular complexity index is 388. The first kappa shape index (κ1) is 11.6. The normalized spacial score (nSPS) is 25.4. The molecule has 1 aliphatic heterocycles. The molecule has 0 aromatic carbocycles. The van der Waals surface area contributed by atoms with Crippen LogP contribution in [0.25, 0.3) is 0 Å². The van der Waals surface area contributed by atoms with Crippen molar-refractivity contribution in [2.24, 2.45) is 0 Å². The van der Waals surface area contributed by atoms with Crippen LogP contribution >= 0.6 is 11.3 Å². The number of nitrogens with zero attached hydrogens (tertiary/aromatic N) is 1. The second-order valence-corrected chi connectivity index (χ2v) is 5.10. The van der Waals surface area contributed by atoms with Crippen molar-refractivity contribution in [1.82, 2.24) is 10.2 Å². The highest BCUT2D eigenvalue weighted by atomic mass is 32.1. The Morgan fingerprint density at radius 2 is 2.25 bits per heavy atom. The van der Waals surface area contributed by atoms with Crippen LogP contribution in [-0.4, -0.2) is 23.0 Å². The molecular weight excluding hydrogens is 220 g/mol. The van der Waals surface area contributed by atoms with Crippen LogP contribution in [0.3, 0.4) is 0 Å². The maximum Gasteiger partial charge on any atom is 0.241 e. The molecule has 3 nitrogen and oxygen atoms in total. The zero-order chi connectivity index (χ0) is 11.7. The fourth-order valence-corrected chi connectivity index (χ4v) is 2.96. The van der Waals surface area contributed by atoms with Gasteiger partial charge in [0.2, 0.25) is 5.91 Å². The number of carbonyl (C=O) groups excluding carboxylic acids is 1. The van der Waals surface area contributed by atoms with Gasteiger partial charge in [0.05, 0.1) is 12.2 Å². The molecule has 1 N–H and O–H groups in total. The number of rotatable bonds is 3. The summed E-state index contributed by atoms with van der Waals surface area (Å²) in [6.45, 7) is 6.89. The summed E-state index contributed by atoms with van der Waals surface area (Å²) in [6, 6.07) is -0.0381. The first-order valence-electron chi connectivity index (χ1n) is 5.71. The third-order valence-electron chi connectivity index (χ3n) is 3.16. The molecule has 16 heavy (non-hydrogen) atoms. The molecule has 0 radical (unpaired) electrons. The first-order valence-corrected chi connectivity index (χ1v) is 6.66. The van der Waals surface area contributed by atoms with E-state index in [1.807, 2.05) is 11.8 Å². The molecule has 2 atom stereocenters. The Morgan fingerprint density at radius 1 is 1.50 bits per heavy atom. The summed E-state index contributed by atoms with van der Waals surface area (Å²) in [5, 5.41) is 7.58. The predicted molar refractivity (Wildman–Crippen MR) is 66.3 cm³/mol. The molecule has 2 heterocycles. The summed E-state index contributed by atoms with van der Waals surface area (Å²) in [6.07, 6.45) is 1.15. The van der Waals surface area contributed by atoms with E-state index in [9.17, 15) is 4.79 Å². The monoisotopic (exact) mass is 238 g/mol. The van der Waals surface area contributed by atoms with Crippen LogP contribution in [0.4, 0.5) is 0 Å². The lowest BCUT2D eigenvalue weighted by atomic mass is 10.2. The lowest BCUT2D eigenvalue weighted by Crippen LogP contribution is -2.36. The maximum absolute atomic E-state index is 12.0. The van der Waals surface area contributed by atoms with E-state index in [-0.39, 0.29) is 18.1 Å². The minimum atomic E-state index is -0.0381. The van der Waals surface area contributed by atoms with E-state index in [2.05, 4.69) is 29.9 Å². The van der Waals surface area contributed by atoms with Crippen LogP contribution in [0, 0.1) is 6.92 Å². The van der Waals surface area contributed by atoms with Crippen molar-refractivity contribution in [2.45, 2.75) is 45.9 Å². The number of amides is 1. The minimum Gasteiger partial charge on any atom is -0.321 e. The molecule has 4 heteroatoms. The highest BCUT2D eigenvalue weighted by Gasteiger charge is 2.34. The zero-order valence-corrected chi connectivity index (χ0v) is 10.8. The first-order chi connectivity index (χ1) is 7.63. The van der Waals surface area contributed by atoms with Crippen LogP contribution in [-0.2, 0) is 11.3 Å². The number of aryl methyl sites for hydroxylation is 1. The van der Waals surface area contributed by atoms with Crippen molar-refractivity contribution >= 4 is 17.2 Å². The lowest BCUT2D eigenvalue weighted by Gasteiger charge is -2.23. The fraction of sp³-hybridized carbons (Fsp3) is 0.583. The Labute approximate surface area is 100 Å². The maximum atomic E-state index is 12.0. The Morgan fingerprint density at radius 3 is 2.81 bits per heavy atom. The number of hydrogen-bond donors (Lipinski definition) is 1. The summed E-state index contributed by atoms with van der Waals surface area (Å²) in [7, 11) is 0. The van der Waals surface area contributed by atoms with E-state index >= 15 is 0 Å². The molecule has 0 saturated carbocycles. The van der Waals surface area contributed by atoms with Crippen LogP contribution in [0.2, 0.25) is 0 Å². The molecule has 0 bridgehead atoms. The van der Waals surface area contributed by atoms with Gasteiger partial charge in [-0.05, 0) is 42.2 Å². The topological polar surface area (TPSA) is 32.3 Å². The number of nitrogens with one attached hydrogen (secondary N) is 1. The number of thiophene rings is 1. The molecular formula is C12H18N2OS. The second kappa shape index (κ2) is 4.55.